The SMILES string of the molecule is CN(C)C(=O)c1cccc(C(=O)NCCCN)c1.Cl. The molecule has 0 spiro atoms. The van der Waals surface area contributed by atoms with Crippen LogP contribution < -0.4 is 11.1 Å². The first-order chi connectivity index (χ1) is 8.56. The number of nitrogens with zero attached hydrogens (tertiary/aromatic N) is 1. The van der Waals surface area contributed by atoms with Gasteiger partial charge in [0.1, 0.15) is 0 Å². The van der Waals surface area contributed by atoms with Crippen molar-refractivity contribution in [3.8, 4) is 0 Å². The van der Waals surface area contributed by atoms with Gasteiger partial charge in [-0.2, -0.15) is 0 Å². The van der Waals surface area contributed by atoms with Crippen LogP contribution in [0, 0.1) is 0 Å². The largest absolute Gasteiger partial charge is 0.352 e. The number of benzene rings is 1. The van der Waals surface area contributed by atoms with Crippen molar-refractivity contribution in [2.24, 2.45) is 5.73 Å². The summed E-state index contributed by atoms with van der Waals surface area (Å²) >= 11 is 0. The number of amides is 2. The fourth-order valence-corrected chi connectivity index (χ4v) is 1.46. The smallest absolute Gasteiger partial charge is 0.253 e. The molecule has 3 N–H and O–H groups in total. The van der Waals surface area contributed by atoms with Crippen LogP contribution in [-0.2, 0) is 0 Å². The van der Waals surface area contributed by atoms with E-state index >= 15 is 0 Å². The molecule has 1 aromatic rings. The van der Waals surface area contributed by atoms with Crippen LogP contribution in [0.15, 0.2) is 24.3 Å². The standard InChI is InChI=1S/C13H19N3O2.ClH/c1-16(2)13(18)11-6-3-5-10(9-11)12(17)15-8-4-7-14;/h3,5-6,9H,4,7-8,14H2,1-2H3,(H,15,17);1H. The van der Waals surface area contributed by atoms with Crippen molar-refractivity contribution < 1.29 is 9.59 Å². The molecule has 1 aromatic carbocycles. The van der Waals surface area contributed by atoms with Gasteiger partial charge in [0.15, 0.2) is 0 Å². The molecule has 0 heterocycles. The first kappa shape index (κ1) is 17.4. The molecule has 19 heavy (non-hydrogen) atoms. The van der Waals surface area contributed by atoms with E-state index in [0.717, 1.165) is 6.42 Å². The van der Waals surface area contributed by atoms with Crippen molar-refractivity contribution in [3.05, 3.63) is 35.4 Å². The fourth-order valence-electron chi connectivity index (χ4n) is 1.46. The van der Waals surface area contributed by atoms with Crippen LogP contribution in [-0.4, -0.2) is 43.9 Å². The summed E-state index contributed by atoms with van der Waals surface area (Å²) in [6.07, 6.45) is 0.738. The summed E-state index contributed by atoms with van der Waals surface area (Å²) in [6, 6.07) is 6.68. The van der Waals surface area contributed by atoms with Gasteiger partial charge in [-0.15, -0.1) is 12.4 Å². The molecule has 1 rings (SSSR count). The predicted octanol–water partition coefficient (Wildman–Crippen LogP) is 0.889. The summed E-state index contributed by atoms with van der Waals surface area (Å²) in [6.45, 7) is 1.08. The van der Waals surface area contributed by atoms with Crippen molar-refractivity contribution in [2.45, 2.75) is 6.42 Å². The maximum Gasteiger partial charge on any atom is 0.253 e. The van der Waals surface area contributed by atoms with Gasteiger partial charge in [0, 0.05) is 31.8 Å². The zero-order chi connectivity index (χ0) is 13.5. The Hall–Kier alpha value is -1.59. The van der Waals surface area contributed by atoms with Gasteiger partial charge in [0.05, 0.1) is 0 Å². The summed E-state index contributed by atoms with van der Waals surface area (Å²) in [5.41, 5.74) is 6.34. The van der Waals surface area contributed by atoms with Crippen molar-refractivity contribution in [3.63, 3.8) is 0 Å². The van der Waals surface area contributed by atoms with Gasteiger partial charge in [0.2, 0.25) is 0 Å². The molecule has 0 aromatic heterocycles. The van der Waals surface area contributed by atoms with Crippen molar-refractivity contribution in [1.29, 1.82) is 0 Å². The van der Waals surface area contributed by atoms with Gasteiger partial charge in [-0.05, 0) is 31.2 Å². The molecule has 0 saturated carbocycles. The Morgan fingerprint density at radius 2 is 1.89 bits per heavy atom. The third-order valence-corrected chi connectivity index (χ3v) is 2.44. The highest BCUT2D eigenvalue weighted by Crippen LogP contribution is 2.07. The second-order valence-corrected chi connectivity index (χ2v) is 4.18. The van der Waals surface area contributed by atoms with Gasteiger partial charge in [0.25, 0.3) is 11.8 Å². The average Bonchev–Trinajstić information content (AvgIpc) is 2.38. The second kappa shape index (κ2) is 8.50. The number of nitrogens with one attached hydrogen (secondary N) is 1. The Balaban J connectivity index is 0.00000324. The third-order valence-electron chi connectivity index (χ3n) is 2.44. The number of carbonyl (C=O) groups is 2. The molecule has 0 bridgehead atoms. The van der Waals surface area contributed by atoms with E-state index in [4.69, 9.17) is 5.73 Å². The zero-order valence-electron chi connectivity index (χ0n) is 11.2. The number of hydrogen-bond acceptors (Lipinski definition) is 3. The molecule has 0 atom stereocenters. The number of rotatable bonds is 5. The van der Waals surface area contributed by atoms with Gasteiger partial charge in [-0.3, -0.25) is 9.59 Å². The van der Waals surface area contributed by atoms with E-state index < -0.39 is 0 Å². The summed E-state index contributed by atoms with van der Waals surface area (Å²) < 4.78 is 0. The summed E-state index contributed by atoms with van der Waals surface area (Å²) in [5, 5.41) is 2.75. The maximum atomic E-state index is 11.8. The number of hydrogen-bond donors (Lipinski definition) is 2. The van der Waals surface area contributed by atoms with E-state index in [0.29, 0.717) is 24.2 Å². The Morgan fingerprint density at radius 3 is 2.47 bits per heavy atom. The normalized spacial score (nSPS) is 9.42. The van der Waals surface area contributed by atoms with Gasteiger partial charge >= 0.3 is 0 Å². The van der Waals surface area contributed by atoms with E-state index in [1.165, 1.54) is 4.90 Å². The Labute approximate surface area is 119 Å². The summed E-state index contributed by atoms with van der Waals surface area (Å²) in [7, 11) is 3.35. The van der Waals surface area contributed by atoms with Gasteiger partial charge in [-0.25, -0.2) is 0 Å². The lowest BCUT2D eigenvalue weighted by Gasteiger charge is -2.11. The average molecular weight is 286 g/mol. The molecule has 0 aliphatic carbocycles. The molecule has 0 unspecified atom stereocenters. The van der Waals surface area contributed by atoms with Crippen molar-refractivity contribution in [2.75, 3.05) is 27.2 Å². The molecule has 0 fully saturated rings. The van der Waals surface area contributed by atoms with E-state index in [2.05, 4.69) is 5.32 Å². The highest BCUT2D eigenvalue weighted by Gasteiger charge is 2.11. The lowest BCUT2D eigenvalue weighted by atomic mass is 10.1. The quantitative estimate of drug-likeness (QED) is 0.789. The molecule has 0 radical (unpaired) electrons. The minimum absolute atomic E-state index is 0. The maximum absolute atomic E-state index is 11.8. The Kier molecular flexibility index (Phi) is 7.79. The molecule has 2 amide bonds. The van der Waals surface area contributed by atoms with E-state index in [9.17, 15) is 9.59 Å². The minimum Gasteiger partial charge on any atom is -0.352 e. The lowest BCUT2D eigenvalue weighted by Crippen LogP contribution is -2.27. The third kappa shape index (κ3) is 5.28. The molecule has 5 nitrogen and oxygen atoms in total. The van der Waals surface area contributed by atoms with E-state index in [1.807, 2.05) is 0 Å². The van der Waals surface area contributed by atoms with Crippen LogP contribution in [0.2, 0.25) is 0 Å². The fraction of sp³-hybridized carbons (Fsp3) is 0.385. The van der Waals surface area contributed by atoms with Crippen LogP contribution in [0.1, 0.15) is 27.1 Å². The van der Waals surface area contributed by atoms with E-state index in [-0.39, 0.29) is 24.2 Å². The van der Waals surface area contributed by atoms with Gasteiger partial charge in [-0.1, -0.05) is 6.07 Å². The number of carbonyl (C=O) groups excluding carboxylic acids is 2. The number of halogens is 1. The zero-order valence-corrected chi connectivity index (χ0v) is 12.0. The van der Waals surface area contributed by atoms with Crippen molar-refractivity contribution in [1.82, 2.24) is 10.2 Å². The monoisotopic (exact) mass is 285 g/mol. The molecule has 0 aliphatic rings. The summed E-state index contributed by atoms with van der Waals surface area (Å²) in [4.78, 5) is 25.0. The highest BCUT2D eigenvalue weighted by molar-refractivity contribution is 5.99. The first-order valence-corrected chi connectivity index (χ1v) is 5.86. The number of nitrogens with two attached hydrogens (primary N) is 1. The van der Waals surface area contributed by atoms with Crippen LogP contribution in [0.25, 0.3) is 0 Å². The molecule has 0 aliphatic heterocycles. The molecular weight excluding hydrogens is 266 g/mol. The van der Waals surface area contributed by atoms with E-state index in [1.54, 1.807) is 38.4 Å². The topological polar surface area (TPSA) is 75.4 Å². The Morgan fingerprint density at radius 1 is 1.26 bits per heavy atom. The molecule has 6 heteroatoms. The predicted molar refractivity (Wildman–Crippen MR) is 77.7 cm³/mol. The summed E-state index contributed by atoms with van der Waals surface area (Å²) in [5.74, 6) is -0.302. The molecule has 106 valence electrons. The first-order valence-electron chi connectivity index (χ1n) is 5.86. The molecular formula is C13H20ClN3O2. The van der Waals surface area contributed by atoms with Gasteiger partial charge < -0.3 is 16.0 Å². The van der Waals surface area contributed by atoms with Crippen LogP contribution in [0.5, 0.6) is 0 Å². The second-order valence-electron chi connectivity index (χ2n) is 4.18. The molecule has 0 saturated heterocycles. The van der Waals surface area contributed by atoms with Crippen molar-refractivity contribution >= 4 is 24.2 Å². The highest BCUT2D eigenvalue weighted by atomic mass is 35.5. The lowest BCUT2D eigenvalue weighted by molar-refractivity contribution is 0.0827. The van der Waals surface area contributed by atoms with Crippen LogP contribution in [0.4, 0.5) is 0 Å². The van der Waals surface area contributed by atoms with Crippen LogP contribution >= 0.6 is 12.4 Å². The van der Waals surface area contributed by atoms with Crippen LogP contribution in [0.3, 0.4) is 0 Å². The minimum atomic E-state index is -0.183. The Bertz CT molecular complexity index is 436.